The summed E-state index contributed by atoms with van der Waals surface area (Å²) in [7, 11) is 0. The van der Waals surface area contributed by atoms with Gasteiger partial charge in [-0.15, -0.1) is 11.3 Å². The predicted octanol–water partition coefficient (Wildman–Crippen LogP) is 11.4. The fourth-order valence-corrected chi connectivity index (χ4v) is 9.00. The highest BCUT2D eigenvalue weighted by molar-refractivity contribution is 7.25. The number of fused-ring (bicyclic) bond motifs is 7. The van der Waals surface area contributed by atoms with Gasteiger partial charge in [0.1, 0.15) is 0 Å². The molecule has 0 aliphatic heterocycles. The van der Waals surface area contributed by atoms with Gasteiger partial charge in [-0.25, -0.2) is 0 Å². The molecule has 3 heteroatoms. The standard InChI is InChI=1S/C40H22N2S/c1-3-12-32-26(8-1)30-22-37-31(27-9-2-4-14-36(27)43-37)21-35(30)41(32)24-16-18-25(19-17-24)42-33-13-6-11-29-28-10-5-7-23-15-20-34(42)40(38(23)28)39(29)33/h1-22H. The lowest BCUT2D eigenvalue weighted by molar-refractivity contribution is 1.15. The van der Waals surface area contributed by atoms with Crippen LogP contribution in [0.2, 0.25) is 0 Å². The van der Waals surface area contributed by atoms with Crippen molar-refractivity contribution in [3.05, 3.63) is 133 Å². The van der Waals surface area contributed by atoms with E-state index in [-0.39, 0.29) is 0 Å². The molecule has 0 amide bonds. The van der Waals surface area contributed by atoms with Crippen molar-refractivity contribution in [3.63, 3.8) is 0 Å². The first-order valence-corrected chi connectivity index (χ1v) is 15.6. The molecule has 1 aliphatic carbocycles. The van der Waals surface area contributed by atoms with Gasteiger partial charge in [-0.1, -0.05) is 72.8 Å². The molecule has 11 rings (SSSR count). The summed E-state index contributed by atoms with van der Waals surface area (Å²) in [6, 6.07) is 49.6. The molecule has 2 nitrogen and oxygen atoms in total. The second-order valence-corrected chi connectivity index (χ2v) is 12.8. The van der Waals surface area contributed by atoms with Crippen molar-refractivity contribution < 1.29 is 0 Å². The first-order valence-electron chi connectivity index (χ1n) is 14.8. The van der Waals surface area contributed by atoms with E-state index in [1.54, 1.807) is 0 Å². The Morgan fingerprint density at radius 3 is 1.91 bits per heavy atom. The van der Waals surface area contributed by atoms with Crippen LogP contribution in [0.15, 0.2) is 133 Å². The minimum atomic E-state index is 1.18. The third kappa shape index (κ3) is 2.69. The zero-order chi connectivity index (χ0) is 27.8. The van der Waals surface area contributed by atoms with Crippen LogP contribution in [0.3, 0.4) is 0 Å². The predicted molar refractivity (Wildman–Crippen MR) is 185 cm³/mol. The molecule has 0 spiro atoms. The molecule has 0 saturated heterocycles. The van der Waals surface area contributed by atoms with Gasteiger partial charge in [0.2, 0.25) is 0 Å². The van der Waals surface area contributed by atoms with Gasteiger partial charge in [0.15, 0.2) is 0 Å². The highest BCUT2D eigenvalue weighted by Crippen LogP contribution is 2.49. The normalized spacial score (nSPS) is 12.7. The fourth-order valence-electron chi connectivity index (χ4n) is 7.87. The van der Waals surface area contributed by atoms with Crippen LogP contribution in [-0.2, 0) is 0 Å². The minimum Gasteiger partial charge on any atom is -0.309 e. The lowest BCUT2D eigenvalue weighted by atomic mass is 10.0. The van der Waals surface area contributed by atoms with Gasteiger partial charge in [0, 0.05) is 53.1 Å². The van der Waals surface area contributed by atoms with Crippen LogP contribution in [0.1, 0.15) is 0 Å². The maximum atomic E-state index is 2.44. The van der Waals surface area contributed by atoms with Crippen molar-refractivity contribution >= 4 is 85.9 Å². The zero-order valence-corrected chi connectivity index (χ0v) is 23.8. The van der Waals surface area contributed by atoms with E-state index in [0.29, 0.717) is 0 Å². The van der Waals surface area contributed by atoms with Gasteiger partial charge in [-0.05, 0) is 82.6 Å². The van der Waals surface area contributed by atoms with E-state index >= 15 is 0 Å². The van der Waals surface area contributed by atoms with Gasteiger partial charge >= 0.3 is 0 Å². The van der Waals surface area contributed by atoms with E-state index in [4.69, 9.17) is 0 Å². The molecule has 0 unspecified atom stereocenters. The molecule has 1 aliphatic rings. The molecule has 3 aromatic heterocycles. The Kier molecular flexibility index (Phi) is 3.99. The Bertz CT molecular complexity index is 2820. The smallest absolute Gasteiger partial charge is 0.0548 e. The summed E-state index contributed by atoms with van der Waals surface area (Å²) >= 11 is 1.88. The molecule has 0 atom stereocenters. The van der Waals surface area contributed by atoms with Crippen LogP contribution >= 0.6 is 11.3 Å². The van der Waals surface area contributed by atoms with Gasteiger partial charge in [-0.3, -0.25) is 0 Å². The molecule has 0 N–H and O–H groups in total. The monoisotopic (exact) mass is 562 g/mol. The second kappa shape index (κ2) is 7.71. The average Bonchev–Trinajstić information content (AvgIpc) is 3.79. The van der Waals surface area contributed by atoms with Gasteiger partial charge in [0.05, 0.1) is 22.1 Å². The molecule has 0 saturated carbocycles. The molecule has 0 bridgehead atoms. The lowest BCUT2D eigenvalue weighted by Gasteiger charge is -2.13. The van der Waals surface area contributed by atoms with Crippen LogP contribution in [-0.4, -0.2) is 9.13 Å². The third-order valence-electron chi connectivity index (χ3n) is 9.63. The molecule has 0 radical (unpaired) electrons. The first kappa shape index (κ1) is 22.2. The van der Waals surface area contributed by atoms with Gasteiger partial charge < -0.3 is 9.13 Å². The number of hydrogen-bond donors (Lipinski definition) is 0. The minimum absolute atomic E-state index is 1.18. The molecule has 198 valence electrons. The van der Waals surface area contributed by atoms with Crippen LogP contribution in [0.5, 0.6) is 0 Å². The molecule has 0 fully saturated rings. The number of hydrogen-bond acceptors (Lipinski definition) is 1. The molecule has 3 heterocycles. The summed E-state index contributed by atoms with van der Waals surface area (Å²) in [5.41, 5.74) is 10.1. The Balaban J connectivity index is 1.16. The fraction of sp³-hybridized carbons (Fsp3) is 0. The van der Waals surface area contributed by atoms with Gasteiger partial charge in [-0.2, -0.15) is 0 Å². The summed E-state index contributed by atoms with van der Waals surface area (Å²) in [5.74, 6) is 0. The van der Waals surface area contributed by atoms with Crippen LogP contribution < -0.4 is 0 Å². The number of rotatable bonds is 2. The van der Waals surface area contributed by atoms with Crippen molar-refractivity contribution in [2.75, 3.05) is 0 Å². The van der Waals surface area contributed by atoms with E-state index in [1.165, 1.54) is 97.1 Å². The number of benzene rings is 7. The summed E-state index contributed by atoms with van der Waals surface area (Å²) in [4.78, 5) is 0. The van der Waals surface area contributed by atoms with Crippen LogP contribution in [0.4, 0.5) is 0 Å². The topological polar surface area (TPSA) is 9.86 Å². The van der Waals surface area contributed by atoms with E-state index in [9.17, 15) is 0 Å². The Morgan fingerprint density at radius 2 is 1.05 bits per heavy atom. The van der Waals surface area contributed by atoms with Gasteiger partial charge in [0.25, 0.3) is 0 Å². The SMILES string of the molecule is c1cc2c3c(c1)ccc1c3c3c-2cccc3n1-c1ccc(-n2c3ccccc3c3cc4sc5ccccc5c4cc32)cc1. The van der Waals surface area contributed by atoms with E-state index in [0.717, 1.165) is 0 Å². The number of para-hydroxylation sites is 1. The second-order valence-electron chi connectivity index (χ2n) is 11.7. The zero-order valence-electron chi connectivity index (χ0n) is 23.0. The quantitative estimate of drug-likeness (QED) is 0.198. The molecular weight excluding hydrogens is 541 g/mol. The third-order valence-corrected chi connectivity index (χ3v) is 10.8. The highest BCUT2D eigenvalue weighted by Gasteiger charge is 2.25. The summed E-state index contributed by atoms with van der Waals surface area (Å²) in [6.45, 7) is 0. The van der Waals surface area contributed by atoms with E-state index < -0.39 is 0 Å². The van der Waals surface area contributed by atoms with Crippen molar-refractivity contribution in [2.45, 2.75) is 0 Å². The molecular formula is C40H22N2S. The summed E-state index contributed by atoms with van der Waals surface area (Å²) in [6.07, 6.45) is 0. The maximum Gasteiger partial charge on any atom is 0.0548 e. The number of thiophene rings is 1. The first-order chi connectivity index (χ1) is 21.3. The van der Waals surface area contributed by atoms with Crippen LogP contribution in [0, 0.1) is 0 Å². The van der Waals surface area contributed by atoms with Crippen molar-refractivity contribution in [3.8, 4) is 22.5 Å². The molecule has 7 aromatic carbocycles. The summed E-state index contributed by atoms with van der Waals surface area (Å²) in [5, 5.41) is 10.7. The largest absolute Gasteiger partial charge is 0.309 e. The van der Waals surface area contributed by atoms with E-state index in [1.807, 2.05) is 11.3 Å². The van der Waals surface area contributed by atoms with Crippen molar-refractivity contribution in [1.82, 2.24) is 9.13 Å². The maximum absolute atomic E-state index is 2.44. The lowest BCUT2D eigenvalue weighted by Crippen LogP contribution is -1.97. The molecule has 43 heavy (non-hydrogen) atoms. The van der Waals surface area contributed by atoms with E-state index in [2.05, 4.69) is 143 Å². The van der Waals surface area contributed by atoms with Crippen LogP contribution in [0.25, 0.3) is 97.1 Å². The van der Waals surface area contributed by atoms with Crippen molar-refractivity contribution in [1.29, 1.82) is 0 Å². The number of nitrogens with zero attached hydrogens (tertiary/aromatic N) is 2. The Morgan fingerprint density at radius 1 is 0.372 bits per heavy atom. The Labute approximate surface area is 250 Å². The highest BCUT2D eigenvalue weighted by atomic mass is 32.1. The molecule has 10 aromatic rings. The average molecular weight is 563 g/mol. The Hall–Kier alpha value is -5.38. The number of aromatic nitrogens is 2. The van der Waals surface area contributed by atoms with Crippen molar-refractivity contribution in [2.24, 2.45) is 0 Å². The summed E-state index contributed by atoms with van der Waals surface area (Å²) < 4.78 is 7.57.